The Kier molecular flexibility index (Phi) is 3.88. The lowest BCUT2D eigenvalue weighted by atomic mass is 10.4. The molecular formula is C10H12N4O4S2. The minimum Gasteiger partial charge on any atom is -0.478 e. The molecule has 2 rings (SSSR count). The highest BCUT2D eigenvalue weighted by Gasteiger charge is 2.27. The maximum atomic E-state index is 12.1. The molecule has 0 saturated carbocycles. The van der Waals surface area contributed by atoms with E-state index in [1.54, 1.807) is 19.2 Å². The van der Waals surface area contributed by atoms with Gasteiger partial charge < -0.3 is 5.11 Å². The highest BCUT2D eigenvalue weighted by molar-refractivity contribution is 7.89. The number of rotatable bonds is 5. The third-order valence-electron chi connectivity index (χ3n) is 2.44. The summed E-state index contributed by atoms with van der Waals surface area (Å²) in [6.45, 7) is 3.44. The van der Waals surface area contributed by atoms with Crippen molar-refractivity contribution >= 4 is 27.3 Å². The van der Waals surface area contributed by atoms with E-state index in [0.29, 0.717) is 5.01 Å². The fourth-order valence-corrected chi connectivity index (χ4v) is 3.72. The zero-order valence-electron chi connectivity index (χ0n) is 10.6. The topological polar surface area (TPSA) is 125 Å². The molecule has 3 N–H and O–H groups in total. The number of carboxylic acids is 1. The summed E-state index contributed by atoms with van der Waals surface area (Å²) in [5.74, 6) is -1.36. The number of nitrogens with one attached hydrogen (secondary N) is 2. The summed E-state index contributed by atoms with van der Waals surface area (Å²) in [4.78, 5) is 15.1. The van der Waals surface area contributed by atoms with Crippen LogP contribution in [0.3, 0.4) is 0 Å². The number of H-pyrrole nitrogens is 1. The number of hydrogen-bond donors (Lipinski definition) is 3. The first-order valence-electron chi connectivity index (χ1n) is 5.52. The van der Waals surface area contributed by atoms with Crippen molar-refractivity contribution in [2.24, 2.45) is 0 Å². The minimum absolute atomic E-state index is 0.403. The maximum absolute atomic E-state index is 12.1. The SMILES string of the molecule is Cc1csc(C(C)NS(=O)(=O)c2[nH]ncc2C(=O)O)n1. The van der Waals surface area contributed by atoms with Crippen LogP contribution in [0.2, 0.25) is 0 Å². The Balaban J connectivity index is 2.27. The molecule has 1 atom stereocenters. The van der Waals surface area contributed by atoms with Crippen molar-refractivity contribution in [2.45, 2.75) is 24.9 Å². The van der Waals surface area contributed by atoms with Crippen molar-refractivity contribution in [3.8, 4) is 0 Å². The molecule has 108 valence electrons. The molecular weight excluding hydrogens is 304 g/mol. The summed E-state index contributed by atoms with van der Waals surface area (Å²) < 4.78 is 26.6. The van der Waals surface area contributed by atoms with E-state index < -0.39 is 32.6 Å². The molecule has 0 fully saturated rings. The van der Waals surface area contributed by atoms with Gasteiger partial charge in [0, 0.05) is 11.1 Å². The molecule has 8 nitrogen and oxygen atoms in total. The molecule has 0 spiro atoms. The number of sulfonamides is 1. The average Bonchev–Trinajstić information content (AvgIpc) is 2.96. The number of hydrogen-bond acceptors (Lipinski definition) is 6. The van der Waals surface area contributed by atoms with Gasteiger partial charge in [-0.3, -0.25) is 5.10 Å². The van der Waals surface area contributed by atoms with E-state index in [1.165, 1.54) is 11.3 Å². The van der Waals surface area contributed by atoms with E-state index in [0.717, 1.165) is 11.9 Å². The van der Waals surface area contributed by atoms with Crippen molar-refractivity contribution < 1.29 is 18.3 Å². The minimum atomic E-state index is -4.01. The van der Waals surface area contributed by atoms with Crippen molar-refractivity contribution in [2.75, 3.05) is 0 Å². The van der Waals surface area contributed by atoms with Gasteiger partial charge in [0.05, 0.1) is 12.2 Å². The number of aromatic nitrogens is 3. The first-order chi connectivity index (χ1) is 9.31. The van der Waals surface area contributed by atoms with E-state index in [-0.39, 0.29) is 0 Å². The Hall–Kier alpha value is -1.78. The Morgan fingerprint density at radius 2 is 2.25 bits per heavy atom. The molecule has 0 aliphatic carbocycles. The summed E-state index contributed by atoms with van der Waals surface area (Å²) in [6.07, 6.45) is 0.953. The number of carboxylic acid groups (broad SMARTS) is 1. The Morgan fingerprint density at radius 3 is 2.80 bits per heavy atom. The summed E-state index contributed by atoms with van der Waals surface area (Å²) in [5.41, 5.74) is 0.392. The molecule has 0 saturated heterocycles. The zero-order valence-corrected chi connectivity index (χ0v) is 12.2. The van der Waals surface area contributed by atoms with Crippen LogP contribution in [-0.2, 0) is 10.0 Å². The molecule has 2 aromatic rings. The van der Waals surface area contributed by atoms with Gasteiger partial charge in [0.25, 0.3) is 10.0 Å². The first-order valence-corrected chi connectivity index (χ1v) is 7.88. The zero-order chi connectivity index (χ0) is 14.9. The molecule has 0 aromatic carbocycles. The fraction of sp³-hybridized carbons (Fsp3) is 0.300. The standard InChI is InChI=1S/C10H12N4O4S2/c1-5-4-19-8(12-5)6(2)14-20(17,18)9-7(10(15)16)3-11-13-9/h3-4,6,14H,1-2H3,(H,11,13)(H,15,16). The number of aromatic carboxylic acids is 1. The molecule has 0 aliphatic heterocycles. The van der Waals surface area contributed by atoms with Crippen LogP contribution >= 0.6 is 11.3 Å². The van der Waals surface area contributed by atoms with Gasteiger partial charge in [0.1, 0.15) is 10.6 Å². The predicted molar refractivity (Wildman–Crippen MR) is 71.1 cm³/mol. The highest BCUT2D eigenvalue weighted by Crippen LogP contribution is 2.20. The van der Waals surface area contributed by atoms with Crippen LogP contribution in [0.25, 0.3) is 0 Å². The van der Waals surface area contributed by atoms with Gasteiger partial charge in [-0.1, -0.05) is 0 Å². The van der Waals surface area contributed by atoms with Gasteiger partial charge in [-0.05, 0) is 13.8 Å². The van der Waals surface area contributed by atoms with Crippen LogP contribution in [0.1, 0.15) is 34.0 Å². The van der Waals surface area contributed by atoms with Crippen molar-refractivity contribution in [3.05, 3.63) is 27.8 Å². The van der Waals surface area contributed by atoms with E-state index in [4.69, 9.17) is 5.11 Å². The molecule has 10 heteroatoms. The van der Waals surface area contributed by atoms with Gasteiger partial charge in [-0.2, -0.15) is 5.10 Å². The lowest BCUT2D eigenvalue weighted by molar-refractivity contribution is 0.0692. The number of carbonyl (C=O) groups is 1. The molecule has 0 aliphatic rings. The third-order valence-corrected chi connectivity index (χ3v) is 5.10. The highest BCUT2D eigenvalue weighted by atomic mass is 32.2. The van der Waals surface area contributed by atoms with E-state index in [1.807, 2.05) is 0 Å². The van der Waals surface area contributed by atoms with Gasteiger partial charge >= 0.3 is 5.97 Å². The van der Waals surface area contributed by atoms with Crippen LogP contribution in [-0.4, -0.2) is 34.7 Å². The second-order valence-corrected chi connectivity index (χ2v) is 6.63. The molecule has 20 heavy (non-hydrogen) atoms. The molecule has 2 heterocycles. The predicted octanol–water partition coefficient (Wildman–Crippen LogP) is 0.912. The van der Waals surface area contributed by atoms with Crippen LogP contribution in [0.15, 0.2) is 16.6 Å². The monoisotopic (exact) mass is 316 g/mol. The lowest BCUT2D eigenvalue weighted by Gasteiger charge is -2.11. The largest absolute Gasteiger partial charge is 0.478 e. The van der Waals surface area contributed by atoms with Gasteiger partial charge in [-0.25, -0.2) is 22.9 Å². The van der Waals surface area contributed by atoms with Crippen molar-refractivity contribution in [3.63, 3.8) is 0 Å². The molecule has 0 bridgehead atoms. The molecule has 1 unspecified atom stereocenters. The average molecular weight is 316 g/mol. The first kappa shape index (κ1) is 14.6. The van der Waals surface area contributed by atoms with Crippen LogP contribution < -0.4 is 4.72 Å². The second-order valence-electron chi connectivity index (χ2n) is 4.09. The van der Waals surface area contributed by atoms with Crippen molar-refractivity contribution in [1.29, 1.82) is 0 Å². The van der Waals surface area contributed by atoms with Crippen molar-refractivity contribution in [1.82, 2.24) is 19.9 Å². The van der Waals surface area contributed by atoms with E-state index in [2.05, 4.69) is 19.9 Å². The molecule has 2 aromatic heterocycles. The number of nitrogens with zero attached hydrogens (tertiary/aromatic N) is 2. The second kappa shape index (κ2) is 5.31. The Morgan fingerprint density at radius 1 is 1.55 bits per heavy atom. The van der Waals surface area contributed by atoms with E-state index in [9.17, 15) is 13.2 Å². The third kappa shape index (κ3) is 2.86. The fourth-order valence-electron chi connectivity index (χ4n) is 1.54. The number of thiazole rings is 1. The van der Waals surface area contributed by atoms with Gasteiger partial charge in [0.15, 0.2) is 5.03 Å². The van der Waals surface area contributed by atoms with Crippen LogP contribution in [0.5, 0.6) is 0 Å². The normalized spacial score (nSPS) is 13.3. The Labute approximate surface area is 118 Å². The summed E-state index contributed by atoms with van der Waals surface area (Å²) >= 11 is 1.33. The van der Waals surface area contributed by atoms with Crippen LogP contribution in [0.4, 0.5) is 0 Å². The molecule has 0 radical (unpaired) electrons. The smallest absolute Gasteiger partial charge is 0.340 e. The quantitative estimate of drug-likeness (QED) is 0.753. The number of aryl methyl sites for hydroxylation is 1. The molecule has 0 amide bonds. The van der Waals surface area contributed by atoms with E-state index >= 15 is 0 Å². The Bertz CT molecular complexity index is 734. The number of aromatic amines is 1. The van der Waals surface area contributed by atoms with Crippen LogP contribution in [0, 0.1) is 6.92 Å². The maximum Gasteiger partial charge on any atom is 0.340 e. The van der Waals surface area contributed by atoms with Gasteiger partial charge in [0.2, 0.25) is 0 Å². The van der Waals surface area contributed by atoms with Gasteiger partial charge in [-0.15, -0.1) is 11.3 Å². The summed E-state index contributed by atoms with van der Waals surface area (Å²) in [6, 6.07) is -0.566. The summed E-state index contributed by atoms with van der Waals surface area (Å²) in [7, 11) is -4.01. The lowest BCUT2D eigenvalue weighted by Crippen LogP contribution is -2.28. The summed E-state index contributed by atoms with van der Waals surface area (Å²) in [5, 5.41) is 16.5.